The van der Waals surface area contributed by atoms with Gasteiger partial charge in [-0.1, -0.05) is 12.1 Å². The number of aromatic nitrogens is 2. The average molecular weight is 371 g/mol. The molecule has 0 bridgehead atoms. The SMILES string of the molecule is COc1ccc(/C=C/C(=O)Nc2ccc(F)c(F)c2Oc2cc[nH]n2)cc1. The summed E-state index contributed by atoms with van der Waals surface area (Å²) in [5.41, 5.74) is 0.741. The van der Waals surface area contributed by atoms with E-state index in [-0.39, 0.29) is 11.6 Å². The van der Waals surface area contributed by atoms with Crippen LogP contribution in [0.4, 0.5) is 14.5 Å². The summed E-state index contributed by atoms with van der Waals surface area (Å²) in [7, 11) is 1.56. The van der Waals surface area contributed by atoms with E-state index in [1.165, 1.54) is 24.4 Å². The molecule has 2 aromatic carbocycles. The van der Waals surface area contributed by atoms with Crippen LogP contribution in [-0.4, -0.2) is 23.2 Å². The standard InChI is InChI=1S/C19H15F2N3O3/c1-26-13-5-2-12(3-6-13)4-9-16(25)23-15-8-7-14(20)18(21)19(15)27-17-10-11-22-24-17/h2-11H,1H3,(H,22,24)(H,23,25)/b9-4+. The summed E-state index contributed by atoms with van der Waals surface area (Å²) in [6.07, 6.45) is 4.30. The second-order valence-electron chi connectivity index (χ2n) is 5.35. The number of ether oxygens (including phenoxy) is 2. The van der Waals surface area contributed by atoms with E-state index < -0.39 is 23.3 Å². The van der Waals surface area contributed by atoms with Crippen molar-refractivity contribution in [1.29, 1.82) is 0 Å². The lowest BCUT2D eigenvalue weighted by Gasteiger charge is -2.11. The maximum atomic E-state index is 14.1. The van der Waals surface area contributed by atoms with Crippen LogP contribution in [-0.2, 0) is 4.79 Å². The lowest BCUT2D eigenvalue weighted by molar-refractivity contribution is -0.111. The molecule has 1 amide bonds. The number of nitrogens with zero attached hydrogens (tertiary/aromatic N) is 1. The fourth-order valence-electron chi connectivity index (χ4n) is 2.20. The van der Waals surface area contributed by atoms with Crippen LogP contribution in [0.25, 0.3) is 6.08 Å². The summed E-state index contributed by atoms with van der Waals surface area (Å²) in [5.74, 6) is -2.61. The molecule has 3 aromatic rings. The van der Waals surface area contributed by atoms with E-state index in [0.717, 1.165) is 11.6 Å². The van der Waals surface area contributed by atoms with Crippen LogP contribution in [0.3, 0.4) is 0 Å². The molecule has 6 nitrogen and oxygen atoms in total. The van der Waals surface area contributed by atoms with Gasteiger partial charge in [0.1, 0.15) is 5.75 Å². The lowest BCUT2D eigenvalue weighted by atomic mass is 10.2. The Kier molecular flexibility index (Phi) is 5.46. The third-order valence-corrected chi connectivity index (χ3v) is 3.53. The molecule has 1 aromatic heterocycles. The van der Waals surface area contributed by atoms with Crippen molar-refractivity contribution in [2.75, 3.05) is 12.4 Å². The molecule has 0 saturated heterocycles. The number of hydrogen-bond donors (Lipinski definition) is 2. The Labute approximate surface area is 153 Å². The van der Waals surface area contributed by atoms with Crippen molar-refractivity contribution in [3.05, 3.63) is 71.9 Å². The van der Waals surface area contributed by atoms with Crippen molar-refractivity contribution in [1.82, 2.24) is 10.2 Å². The average Bonchev–Trinajstić information content (AvgIpc) is 3.19. The highest BCUT2D eigenvalue weighted by molar-refractivity contribution is 6.02. The Bertz CT molecular complexity index is 955. The van der Waals surface area contributed by atoms with Gasteiger partial charge in [0.2, 0.25) is 17.6 Å². The number of rotatable bonds is 6. The first-order valence-corrected chi connectivity index (χ1v) is 7.85. The maximum absolute atomic E-state index is 14.1. The van der Waals surface area contributed by atoms with Crippen LogP contribution in [0.15, 0.2) is 54.7 Å². The van der Waals surface area contributed by atoms with Crippen molar-refractivity contribution in [3.63, 3.8) is 0 Å². The molecule has 27 heavy (non-hydrogen) atoms. The van der Waals surface area contributed by atoms with E-state index >= 15 is 0 Å². The Balaban J connectivity index is 1.76. The lowest BCUT2D eigenvalue weighted by Crippen LogP contribution is -2.10. The van der Waals surface area contributed by atoms with E-state index in [1.54, 1.807) is 37.5 Å². The van der Waals surface area contributed by atoms with E-state index in [9.17, 15) is 13.6 Å². The van der Waals surface area contributed by atoms with E-state index in [1.807, 2.05) is 0 Å². The van der Waals surface area contributed by atoms with E-state index in [2.05, 4.69) is 15.5 Å². The predicted octanol–water partition coefficient (Wildman–Crippen LogP) is 4.14. The summed E-state index contributed by atoms with van der Waals surface area (Å²) < 4.78 is 37.9. The molecular weight excluding hydrogens is 356 g/mol. The number of methoxy groups -OCH3 is 1. The molecule has 3 rings (SSSR count). The van der Waals surface area contributed by atoms with Gasteiger partial charge in [-0.05, 0) is 35.9 Å². The third-order valence-electron chi connectivity index (χ3n) is 3.53. The van der Waals surface area contributed by atoms with Gasteiger partial charge in [-0.3, -0.25) is 9.89 Å². The van der Waals surface area contributed by atoms with Gasteiger partial charge in [0, 0.05) is 18.3 Å². The smallest absolute Gasteiger partial charge is 0.248 e. The van der Waals surface area contributed by atoms with Gasteiger partial charge in [-0.25, -0.2) is 4.39 Å². The molecule has 0 spiro atoms. The summed E-state index contributed by atoms with van der Waals surface area (Å²) in [4.78, 5) is 12.1. The van der Waals surface area contributed by atoms with Crippen molar-refractivity contribution in [3.8, 4) is 17.4 Å². The molecule has 0 fully saturated rings. The van der Waals surface area contributed by atoms with Crippen LogP contribution in [0.5, 0.6) is 17.4 Å². The summed E-state index contributed by atoms with van der Waals surface area (Å²) in [6.45, 7) is 0. The second-order valence-corrected chi connectivity index (χ2v) is 5.35. The highest BCUT2D eigenvalue weighted by Gasteiger charge is 2.18. The fraction of sp³-hybridized carbons (Fsp3) is 0.0526. The molecule has 0 aliphatic heterocycles. The number of aromatic amines is 1. The number of hydrogen-bond acceptors (Lipinski definition) is 4. The normalized spacial score (nSPS) is 10.8. The van der Waals surface area contributed by atoms with Gasteiger partial charge >= 0.3 is 0 Å². The van der Waals surface area contributed by atoms with Crippen LogP contribution in [0.1, 0.15) is 5.56 Å². The quantitative estimate of drug-likeness (QED) is 0.639. The Morgan fingerprint density at radius 3 is 2.59 bits per heavy atom. The summed E-state index contributed by atoms with van der Waals surface area (Å²) in [5, 5.41) is 8.68. The van der Waals surface area contributed by atoms with Crippen LogP contribution in [0.2, 0.25) is 0 Å². The second kappa shape index (κ2) is 8.13. The molecule has 0 aliphatic rings. The zero-order valence-electron chi connectivity index (χ0n) is 14.2. The van der Waals surface area contributed by atoms with Gasteiger partial charge in [-0.2, -0.15) is 4.39 Å². The highest BCUT2D eigenvalue weighted by Crippen LogP contribution is 2.33. The predicted molar refractivity (Wildman–Crippen MR) is 95.7 cm³/mol. The van der Waals surface area contributed by atoms with Crippen LogP contribution >= 0.6 is 0 Å². The summed E-state index contributed by atoms with van der Waals surface area (Å²) in [6, 6.07) is 10.6. The molecule has 8 heteroatoms. The molecular formula is C19H15F2N3O3. The molecule has 0 saturated carbocycles. The Morgan fingerprint density at radius 1 is 1.15 bits per heavy atom. The number of carbonyl (C=O) groups is 1. The van der Waals surface area contributed by atoms with Gasteiger partial charge in [0.05, 0.1) is 12.8 Å². The first-order chi connectivity index (χ1) is 13.1. The number of amides is 1. The molecule has 0 unspecified atom stereocenters. The van der Waals surface area contributed by atoms with Gasteiger partial charge in [0.25, 0.3) is 0 Å². The number of anilines is 1. The molecule has 2 N–H and O–H groups in total. The van der Waals surface area contributed by atoms with Crippen molar-refractivity contribution in [2.24, 2.45) is 0 Å². The number of H-pyrrole nitrogens is 1. The minimum Gasteiger partial charge on any atom is -0.497 e. The van der Waals surface area contributed by atoms with Crippen LogP contribution < -0.4 is 14.8 Å². The topological polar surface area (TPSA) is 76.2 Å². The Morgan fingerprint density at radius 2 is 1.93 bits per heavy atom. The monoisotopic (exact) mass is 371 g/mol. The number of nitrogens with one attached hydrogen (secondary N) is 2. The molecule has 0 atom stereocenters. The van der Waals surface area contributed by atoms with Crippen LogP contribution in [0, 0.1) is 11.6 Å². The molecule has 0 aliphatic carbocycles. The van der Waals surface area contributed by atoms with Crippen molar-refractivity contribution < 1.29 is 23.0 Å². The third kappa shape index (κ3) is 4.49. The number of halogens is 2. The first-order valence-electron chi connectivity index (χ1n) is 7.85. The minimum atomic E-state index is -1.23. The van der Waals surface area contributed by atoms with Crippen molar-refractivity contribution in [2.45, 2.75) is 0 Å². The maximum Gasteiger partial charge on any atom is 0.248 e. The fourth-order valence-corrected chi connectivity index (χ4v) is 2.20. The van der Waals surface area contributed by atoms with E-state index in [0.29, 0.717) is 5.75 Å². The first kappa shape index (κ1) is 18.1. The largest absolute Gasteiger partial charge is 0.497 e. The summed E-state index contributed by atoms with van der Waals surface area (Å²) >= 11 is 0. The Hall–Kier alpha value is -3.68. The molecule has 138 valence electrons. The van der Waals surface area contributed by atoms with E-state index in [4.69, 9.17) is 9.47 Å². The molecule has 1 heterocycles. The number of benzene rings is 2. The van der Waals surface area contributed by atoms with Gasteiger partial charge < -0.3 is 14.8 Å². The zero-order chi connectivity index (χ0) is 19.2. The van der Waals surface area contributed by atoms with Crippen molar-refractivity contribution >= 4 is 17.7 Å². The zero-order valence-corrected chi connectivity index (χ0v) is 14.2. The minimum absolute atomic E-state index is 0.0266. The van der Waals surface area contributed by atoms with Gasteiger partial charge in [-0.15, -0.1) is 5.10 Å². The highest BCUT2D eigenvalue weighted by atomic mass is 19.2. The van der Waals surface area contributed by atoms with Gasteiger partial charge in [0.15, 0.2) is 11.6 Å². The number of carbonyl (C=O) groups excluding carboxylic acids is 1. The molecule has 0 radical (unpaired) electrons.